The van der Waals surface area contributed by atoms with Crippen molar-refractivity contribution in [2.45, 2.75) is 77.0 Å². The van der Waals surface area contributed by atoms with Crippen molar-refractivity contribution in [3.05, 3.63) is 0 Å². The highest BCUT2D eigenvalue weighted by atomic mass is 16.5. The van der Waals surface area contributed by atoms with Crippen LogP contribution in [0.2, 0.25) is 0 Å². The third-order valence-corrected chi connectivity index (χ3v) is 5.16. The molecule has 24 heavy (non-hydrogen) atoms. The number of amides is 2. The van der Waals surface area contributed by atoms with E-state index in [9.17, 15) is 9.59 Å². The van der Waals surface area contributed by atoms with E-state index in [1.54, 1.807) is 4.90 Å². The summed E-state index contributed by atoms with van der Waals surface area (Å²) in [6.07, 6.45) is 7.51. The first-order valence-corrected chi connectivity index (χ1v) is 9.45. The average Bonchev–Trinajstić information content (AvgIpc) is 3.10. The van der Waals surface area contributed by atoms with Gasteiger partial charge in [-0.25, -0.2) is 0 Å². The van der Waals surface area contributed by atoms with E-state index in [0.717, 1.165) is 45.1 Å². The highest BCUT2D eigenvalue weighted by Gasteiger charge is 2.37. The van der Waals surface area contributed by atoms with Gasteiger partial charge in [0.1, 0.15) is 6.04 Å². The number of nitrogens with two attached hydrogens (primary N) is 1. The average molecular weight is 339 g/mol. The number of nitrogens with zero attached hydrogens (tertiary/aromatic N) is 1. The third-order valence-electron chi connectivity index (χ3n) is 5.16. The molecule has 0 aromatic rings. The first-order valence-electron chi connectivity index (χ1n) is 9.45. The maximum absolute atomic E-state index is 12.8. The van der Waals surface area contributed by atoms with Crippen molar-refractivity contribution in [2.24, 2.45) is 11.7 Å². The van der Waals surface area contributed by atoms with Crippen LogP contribution in [0.1, 0.15) is 58.8 Å². The molecule has 6 nitrogen and oxygen atoms in total. The molecule has 3 N–H and O–H groups in total. The van der Waals surface area contributed by atoms with Gasteiger partial charge in [0, 0.05) is 19.2 Å². The summed E-state index contributed by atoms with van der Waals surface area (Å²) < 4.78 is 5.57. The molecule has 2 atom stereocenters. The lowest BCUT2D eigenvalue weighted by Gasteiger charge is -2.41. The lowest BCUT2D eigenvalue weighted by atomic mass is 9.90. The van der Waals surface area contributed by atoms with Gasteiger partial charge in [-0.1, -0.05) is 33.1 Å². The second-order valence-corrected chi connectivity index (χ2v) is 7.37. The molecule has 6 heteroatoms. The van der Waals surface area contributed by atoms with E-state index in [0.29, 0.717) is 6.54 Å². The molecule has 0 aromatic heterocycles. The Kier molecular flexibility index (Phi) is 7.49. The van der Waals surface area contributed by atoms with Gasteiger partial charge in [-0.3, -0.25) is 9.59 Å². The summed E-state index contributed by atoms with van der Waals surface area (Å²) in [5.74, 6) is -0.146. The minimum atomic E-state index is -0.453. The van der Waals surface area contributed by atoms with Gasteiger partial charge in [0.25, 0.3) is 0 Å². The SMILES string of the molecule is CC(C)C(C(=O)NC[C@H]1CCCO1)N(C(=O)CN)C1CCCCC1. The molecule has 1 aliphatic carbocycles. The standard InChI is InChI=1S/C18H33N3O3/c1-13(2)17(18(23)20-12-15-9-6-10-24-15)21(16(22)11-19)14-7-4-3-5-8-14/h13-15,17H,3-12,19H2,1-2H3,(H,20,23)/t15-,17?/m1/s1. The summed E-state index contributed by atoms with van der Waals surface area (Å²) >= 11 is 0. The van der Waals surface area contributed by atoms with Crippen LogP contribution in [0.3, 0.4) is 0 Å². The fourth-order valence-corrected chi connectivity index (χ4v) is 3.93. The van der Waals surface area contributed by atoms with Gasteiger partial charge in [0.2, 0.25) is 11.8 Å². The summed E-state index contributed by atoms with van der Waals surface area (Å²) in [5, 5.41) is 3.01. The Morgan fingerprint density at radius 1 is 1.17 bits per heavy atom. The van der Waals surface area contributed by atoms with Crippen LogP contribution in [0.15, 0.2) is 0 Å². The first kappa shape index (κ1) is 19.2. The molecular formula is C18H33N3O3. The fourth-order valence-electron chi connectivity index (χ4n) is 3.93. The quantitative estimate of drug-likeness (QED) is 0.735. The number of carbonyl (C=O) groups excluding carboxylic acids is 2. The van der Waals surface area contributed by atoms with Gasteiger partial charge >= 0.3 is 0 Å². The Bertz CT molecular complexity index is 416. The van der Waals surface area contributed by atoms with Crippen molar-refractivity contribution in [1.82, 2.24) is 10.2 Å². The summed E-state index contributed by atoms with van der Waals surface area (Å²) in [4.78, 5) is 27.1. The Morgan fingerprint density at radius 2 is 1.88 bits per heavy atom. The maximum atomic E-state index is 12.8. The lowest BCUT2D eigenvalue weighted by Crippen LogP contribution is -2.58. The molecule has 2 fully saturated rings. The maximum Gasteiger partial charge on any atom is 0.243 e. The van der Waals surface area contributed by atoms with E-state index in [-0.39, 0.29) is 36.4 Å². The molecule has 0 aromatic carbocycles. The third kappa shape index (κ3) is 4.93. The predicted molar refractivity (Wildman–Crippen MR) is 93.4 cm³/mol. The van der Waals surface area contributed by atoms with Crippen LogP contribution in [-0.4, -0.2) is 54.6 Å². The molecule has 2 aliphatic rings. The molecule has 138 valence electrons. The number of carbonyl (C=O) groups is 2. The molecule has 0 radical (unpaired) electrons. The first-order chi connectivity index (χ1) is 11.5. The zero-order chi connectivity index (χ0) is 17.5. The molecule has 0 spiro atoms. The van der Waals surface area contributed by atoms with E-state index in [2.05, 4.69) is 5.32 Å². The summed E-state index contributed by atoms with van der Waals surface area (Å²) in [5.41, 5.74) is 5.65. The molecule has 1 saturated carbocycles. The number of ether oxygens (including phenoxy) is 1. The van der Waals surface area contributed by atoms with Crippen molar-refractivity contribution >= 4 is 11.8 Å². The summed E-state index contributed by atoms with van der Waals surface area (Å²) in [7, 11) is 0. The van der Waals surface area contributed by atoms with Gasteiger partial charge in [-0.2, -0.15) is 0 Å². The Balaban J connectivity index is 2.07. The number of rotatable bonds is 7. The minimum absolute atomic E-state index is 0.0429. The Hall–Kier alpha value is -1.14. The molecule has 1 unspecified atom stereocenters. The normalized spacial score (nSPS) is 23.2. The summed E-state index contributed by atoms with van der Waals surface area (Å²) in [6.45, 7) is 5.25. The molecule has 2 amide bonds. The highest BCUT2D eigenvalue weighted by Crippen LogP contribution is 2.26. The van der Waals surface area contributed by atoms with Crippen molar-refractivity contribution in [3.63, 3.8) is 0 Å². The Morgan fingerprint density at radius 3 is 2.42 bits per heavy atom. The van der Waals surface area contributed by atoms with Gasteiger partial charge in [-0.05, 0) is 31.6 Å². The minimum Gasteiger partial charge on any atom is -0.376 e. The van der Waals surface area contributed by atoms with Crippen LogP contribution in [0.25, 0.3) is 0 Å². The van der Waals surface area contributed by atoms with Crippen LogP contribution in [0.5, 0.6) is 0 Å². The van der Waals surface area contributed by atoms with E-state index in [1.165, 1.54) is 6.42 Å². The van der Waals surface area contributed by atoms with Crippen molar-refractivity contribution in [1.29, 1.82) is 0 Å². The molecule has 1 heterocycles. The lowest BCUT2D eigenvalue weighted by molar-refractivity contribution is -0.145. The number of nitrogens with one attached hydrogen (secondary N) is 1. The second kappa shape index (κ2) is 9.37. The van der Waals surface area contributed by atoms with Gasteiger partial charge in [0.05, 0.1) is 12.6 Å². The van der Waals surface area contributed by atoms with Crippen LogP contribution >= 0.6 is 0 Å². The zero-order valence-electron chi connectivity index (χ0n) is 15.1. The van der Waals surface area contributed by atoms with Crippen LogP contribution in [0, 0.1) is 5.92 Å². The number of hydrogen-bond donors (Lipinski definition) is 2. The van der Waals surface area contributed by atoms with Gasteiger partial charge in [-0.15, -0.1) is 0 Å². The largest absolute Gasteiger partial charge is 0.376 e. The van der Waals surface area contributed by atoms with Crippen molar-refractivity contribution in [2.75, 3.05) is 19.7 Å². The van der Waals surface area contributed by atoms with E-state index < -0.39 is 6.04 Å². The molecular weight excluding hydrogens is 306 g/mol. The molecule has 2 rings (SSSR count). The van der Waals surface area contributed by atoms with Crippen LogP contribution in [0.4, 0.5) is 0 Å². The van der Waals surface area contributed by atoms with E-state index >= 15 is 0 Å². The van der Waals surface area contributed by atoms with Crippen molar-refractivity contribution < 1.29 is 14.3 Å². The molecule has 1 aliphatic heterocycles. The van der Waals surface area contributed by atoms with E-state index in [4.69, 9.17) is 10.5 Å². The zero-order valence-corrected chi connectivity index (χ0v) is 15.1. The summed E-state index contributed by atoms with van der Waals surface area (Å²) in [6, 6.07) is -0.318. The predicted octanol–water partition coefficient (Wildman–Crippen LogP) is 1.43. The van der Waals surface area contributed by atoms with Crippen LogP contribution in [-0.2, 0) is 14.3 Å². The van der Waals surface area contributed by atoms with Crippen molar-refractivity contribution in [3.8, 4) is 0 Å². The van der Waals surface area contributed by atoms with Gasteiger partial charge in [0.15, 0.2) is 0 Å². The monoisotopic (exact) mass is 339 g/mol. The highest BCUT2D eigenvalue weighted by molar-refractivity contribution is 5.88. The molecule has 1 saturated heterocycles. The number of hydrogen-bond acceptors (Lipinski definition) is 4. The smallest absolute Gasteiger partial charge is 0.243 e. The molecule has 0 bridgehead atoms. The fraction of sp³-hybridized carbons (Fsp3) is 0.889. The van der Waals surface area contributed by atoms with E-state index in [1.807, 2.05) is 13.8 Å². The Labute approximate surface area is 145 Å². The van der Waals surface area contributed by atoms with Gasteiger partial charge < -0.3 is 20.7 Å². The topological polar surface area (TPSA) is 84.7 Å². The van der Waals surface area contributed by atoms with Crippen LogP contribution < -0.4 is 11.1 Å². The second-order valence-electron chi connectivity index (χ2n) is 7.37.